The van der Waals surface area contributed by atoms with Gasteiger partial charge in [-0.3, -0.25) is 9.78 Å². The van der Waals surface area contributed by atoms with Crippen LogP contribution in [-0.2, 0) is 6.42 Å². The van der Waals surface area contributed by atoms with Crippen molar-refractivity contribution < 1.29 is 23.1 Å². The Morgan fingerprint density at radius 2 is 1.81 bits per heavy atom. The molecule has 0 unspecified atom stereocenters. The minimum Gasteiger partial charge on any atom is -0.505 e. The highest BCUT2D eigenvalue weighted by Crippen LogP contribution is 2.26. The van der Waals surface area contributed by atoms with E-state index < -0.39 is 11.9 Å². The topological polar surface area (TPSA) is 93.3 Å². The molecule has 2 aliphatic heterocycles. The highest BCUT2D eigenvalue weighted by molar-refractivity contribution is 5.97. The van der Waals surface area contributed by atoms with Crippen LogP contribution >= 0.6 is 0 Å². The normalized spacial score (nSPS) is 15.5. The zero-order valence-electron chi connectivity index (χ0n) is 20.1. The van der Waals surface area contributed by atoms with Crippen LogP contribution in [0.5, 0.6) is 0 Å². The predicted octanol–water partition coefficient (Wildman–Crippen LogP) is 4.56. The molecule has 7 nitrogen and oxygen atoms in total. The molecule has 1 amide bonds. The molecule has 1 fully saturated rings. The third-order valence-electron chi connectivity index (χ3n) is 6.05. The number of alkyl halides is 3. The molecular formula is C27H28F3N5O2. The van der Waals surface area contributed by atoms with Crippen molar-refractivity contribution in [3.05, 3.63) is 83.5 Å². The van der Waals surface area contributed by atoms with Crippen molar-refractivity contribution in [1.29, 1.82) is 0 Å². The first-order chi connectivity index (χ1) is 17.7. The van der Waals surface area contributed by atoms with Crippen molar-refractivity contribution in [3.8, 4) is 11.3 Å². The number of carbonyl (C=O) groups excluding carboxylic acids is 1. The molecule has 5 rings (SSSR count). The number of allylic oxidation sites excluding steroid dienone is 1. The number of pyridine rings is 1. The maximum atomic E-state index is 12.1. The summed E-state index contributed by atoms with van der Waals surface area (Å²) in [6.45, 7) is 7.00. The Morgan fingerprint density at radius 1 is 1.08 bits per heavy atom. The first kappa shape index (κ1) is 26.0. The van der Waals surface area contributed by atoms with E-state index >= 15 is 0 Å². The number of fused-ring (bicyclic) bond motifs is 1. The molecule has 2 aromatic heterocycles. The highest BCUT2D eigenvalue weighted by atomic mass is 19.4. The van der Waals surface area contributed by atoms with Gasteiger partial charge in [-0.2, -0.15) is 13.2 Å². The van der Waals surface area contributed by atoms with Crippen LogP contribution < -0.4 is 15.5 Å². The quantitative estimate of drug-likeness (QED) is 0.386. The molecule has 0 aliphatic carbocycles. The number of rotatable bonds is 4. The lowest BCUT2D eigenvalue weighted by molar-refractivity contribution is -0.119. The Balaban J connectivity index is 0.000000405. The lowest BCUT2D eigenvalue weighted by Gasteiger charge is -2.30. The molecule has 1 aromatic carbocycles. The molecule has 194 valence electrons. The van der Waals surface area contributed by atoms with Crippen molar-refractivity contribution in [2.45, 2.75) is 12.6 Å². The fraction of sp³-hybridized carbons (Fsp3) is 0.259. The van der Waals surface area contributed by atoms with Crippen molar-refractivity contribution in [1.82, 2.24) is 20.6 Å². The fourth-order valence-corrected chi connectivity index (χ4v) is 4.15. The number of halogens is 3. The number of hydrogen-bond donors (Lipinski definition) is 4. The Bertz CT molecular complexity index is 1290. The SMILES string of the molecule is C=C(O)C(F)(F)F.O=C1NCCc2[nH]c(-c3ccnc(/C=C/c4ccccc4N4CCNCC4)c3)cc21. The standard InChI is InChI=1S/C24H25N5O.C3H3F3O/c30-24-20-16-22(28-21(20)8-10-27-24)18-7-9-26-19(15-18)6-5-17-3-1-2-4-23(17)29-13-11-25-12-14-29;1-2(7)3(4,5)6/h1-7,9,15-16,25,28H,8,10-14H2,(H,27,30);7H,1H2/b6-5+;. The van der Waals surface area contributed by atoms with Crippen LogP contribution in [0.1, 0.15) is 27.3 Å². The number of benzene rings is 1. The van der Waals surface area contributed by atoms with E-state index in [-0.39, 0.29) is 5.91 Å². The summed E-state index contributed by atoms with van der Waals surface area (Å²) in [5.41, 5.74) is 7.08. The zero-order chi connectivity index (χ0) is 26.4. The van der Waals surface area contributed by atoms with Gasteiger partial charge in [0, 0.05) is 68.0 Å². The van der Waals surface area contributed by atoms with Crippen molar-refractivity contribution >= 4 is 23.7 Å². The largest absolute Gasteiger partial charge is 0.505 e. The minimum atomic E-state index is -4.64. The predicted molar refractivity (Wildman–Crippen MR) is 138 cm³/mol. The van der Waals surface area contributed by atoms with Gasteiger partial charge in [-0.15, -0.1) is 0 Å². The van der Waals surface area contributed by atoms with E-state index in [1.807, 2.05) is 18.3 Å². The lowest BCUT2D eigenvalue weighted by atomic mass is 10.1. The maximum absolute atomic E-state index is 12.1. The molecule has 0 atom stereocenters. The van der Waals surface area contributed by atoms with Gasteiger partial charge in [0.2, 0.25) is 0 Å². The van der Waals surface area contributed by atoms with E-state index in [0.29, 0.717) is 6.54 Å². The molecule has 4 N–H and O–H groups in total. The van der Waals surface area contributed by atoms with E-state index in [9.17, 15) is 18.0 Å². The van der Waals surface area contributed by atoms with E-state index in [1.54, 1.807) is 0 Å². The summed E-state index contributed by atoms with van der Waals surface area (Å²) in [5.74, 6) is -1.76. The summed E-state index contributed by atoms with van der Waals surface area (Å²) < 4.78 is 32.5. The van der Waals surface area contributed by atoms with E-state index in [4.69, 9.17) is 5.11 Å². The van der Waals surface area contributed by atoms with Gasteiger partial charge in [-0.25, -0.2) is 0 Å². The summed E-state index contributed by atoms with van der Waals surface area (Å²) in [6.07, 6.45) is 2.20. The average molecular weight is 512 g/mol. The summed E-state index contributed by atoms with van der Waals surface area (Å²) in [4.78, 5) is 22.4. The number of carbonyl (C=O) groups is 1. The van der Waals surface area contributed by atoms with Crippen molar-refractivity contribution in [3.63, 3.8) is 0 Å². The van der Waals surface area contributed by atoms with Gasteiger partial charge in [0.15, 0.2) is 5.76 Å². The number of nitrogens with zero attached hydrogens (tertiary/aromatic N) is 2. The molecule has 10 heteroatoms. The second-order valence-electron chi connectivity index (χ2n) is 8.62. The number of hydrogen-bond acceptors (Lipinski definition) is 5. The van der Waals surface area contributed by atoms with Crippen LogP contribution in [-0.4, -0.2) is 59.9 Å². The number of piperazine rings is 1. The third-order valence-corrected chi connectivity index (χ3v) is 6.05. The molecule has 1 saturated heterocycles. The van der Waals surface area contributed by atoms with Crippen LogP contribution in [0.4, 0.5) is 18.9 Å². The molecule has 0 radical (unpaired) electrons. The molecular weight excluding hydrogens is 483 g/mol. The van der Waals surface area contributed by atoms with Crippen LogP contribution in [0.25, 0.3) is 23.4 Å². The summed E-state index contributed by atoms with van der Waals surface area (Å²) in [7, 11) is 0. The molecule has 37 heavy (non-hydrogen) atoms. The van der Waals surface area contributed by atoms with Gasteiger partial charge in [0.05, 0.1) is 11.3 Å². The van der Waals surface area contributed by atoms with E-state index in [2.05, 4.69) is 74.6 Å². The Morgan fingerprint density at radius 3 is 2.51 bits per heavy atom. The van der Waals surface area contributed by atoms with Gasteiger partial charge >= 0.3 is 6.18 Å². The number of nitrogens with one attached hydrogen (secondary N) is 3. The Labute approximate surface area is 212 Å². The molecule has 0 bridgehead atoms. The second kappa shape index (κ2) is 11.3. The number of amides is 1. The van der Waals surface area contributed by atoms with Gasteiger partial charge in [-0.05, 0) is 35.9 Å². The van der Waals surface area contributed by atoms with Crippen LogP contribution in [0, 0.1) is 0 Å². The molecule has 3 aromatic rings. The smallest absolute Gasteiger partial charge is 0.448 e. The maximum Gasteiger partial charge on any atom is 0.448 e. The second-order valence-corrected chi connectivity index (χ2v) is 8.62. The van der Waals surface area contributed by atoms with Crippen molar-refractivity contribution in [2.75, 3.05) is 37.6 Å². The number of aliphatic hydroxyl groups is 1. The fourth-order valence-electron chi connectivity index (χ4n) is 4.15. The first-order valence-electron chi connectivity index (χ1n) is 11.9. The third kappa shape index (κ3) is 6.59. The monoisotopic (exact) mass is 511 g/mol. The highest BCUT2D eigenvalue weighted by Gasteiger charge is 2.31. The molecule has 4 heterocycles. The molecule has 0 saturated carbocycles. The Kier molecular flexibility index (Phi) is 7.98. The number of para-hydroxylation sites is 1. The van der Waals surface area contributed by atoms with Gasteiger partial charge in [0.1, 0.15) is 0 Å². The van der Waals surface area contributed by atoms with Gasteiger partial charge in [0.25, 0.3) is 5.91 Å². The molecule has 2 aliphatic rings. The number of aromatic amines is 1. The number of anilines is 1. The number of H-pyrrole nitrogens is 1. The lowest BCUT2D eigenvalue weighted by Crippen LogP contribution is -2.43. The summed E-state index contributed by atoms with van der Waals surface area (Å²) >= 11 is 0. The van der Waals surface area contributed by atoms with E-state index in [0.717, 1.165) is 60.8 Å². The van der Waals surface area contributed by atoms with E-state index in [1.165, 1.54) is 11.3 Å². The Hall–Kier alpha value is -4.05. The van der Waals surface area contributed by atoms with Crippen LogP contribution in [0.3, 0.4) is 0 Å². The molecule has 0 spiro atoms. The number of aliphatic hydroxyl groups excluding tert-OH is 1. The van der Waals surface area contributed by atoms with Gasteiger partial charge in [-0.1, -0.05) is 30.9 Å². The average Bonchev–Trinajstić information content (AvgIpc) is 3.34. The minimum absolute atomic E-state index is 0.00237. The van der Waals surface area contributed by atoms with Crippen molar-refractivity contribution in [2.24, 2.45) is 0 Å². The summed E-state index contributed by atoms with van der Waals surface area (Å²) in [5, 5.41) is 13.9. The van der Waals surface area contributed by atoms with Crippen LogP contribution in [0.15, 0.2) is 61.0 Å². The first-order valence-corrected chi connectivity index (χ1v) is 11.9. The summed E-state index contributed by atoms with van der Waals surface area (Å²) in [6, 6.07) is 14.5. The zero-order valence-corrected chi connectivity index (χ0v) is 20.1. The number of aromatic nitrogens is 2. The van der Waals surface area contributed by atoms with Crippen LogP contribution in [0.2, 0.25) is 0 Å². The van der Waals surface area contributed by atoms with Gasteiger partial charge < -0.3 is 25.6 Å².